The SMILES string of the molecule is COC(=O)CNC(=O)C1(C)C(c2cccs2)C(c2ccc(F)cc2)=NN1c1ccc(F)cc1F. The van der Waals surface area contributed by atoms with Gasteiger partial charge >= 0.3 is 5.97 Å². The third-order valence-electron chi connectivity index (χ3n) is 5.67. The van der Waals surface area contributed by atoms with Crippen LogP contribution in [0.4, 0.5) is 18.9 Å². The van der Waals surface area contributed by atoms with Crippen LogP contribution in [0.5, 0.6) is 0 Å². The van der Waals surface area contributed by atoms with Crippen LogP contribution in [0.1, 0.15) is 23.3 Å². The van der Waals surface area contributed by atoms with Crippen molar-refractivity contribution in [3.05, 3.63) is 87.9 Å². The van der Waals surface area contributed by atoms with Gasteiger partial charge in [-0.25, -0.2) is 18.2 Å². The molecule has 4 rings (SSSR count). The Labute approximate surface area is 197 Å². The number of anilines is 1. The standard InChI is InChI=1S/C24H20F3N3O3S/c1-24(23(32)28-13-20(31)33-2)21(19-4-3-11-34-19)22(14-5-7-15(25)8-6-14)29-30(24)18-10-9-16(26)12-17(18)27/h3-12,21H,13H2,1-2H3,(H,28,32). The summed E-state index contributed by atoms with van der Waals surface area (Å²) in [4.78, 5) is 26.0. The lowest BCUT2D eigenvalue weighted by molar-refractivity contribution is -0.141. The largest absolute Gasteiger partial charge is 0.468 e. The Bertz CT molecular complexity index is 1250. The topological polar surface area (TPSA) is 71.0 Å². The Morgan fingerprint density at radius 3 is 2.44 bits per heavy atom. The van der Waals surface area contributed by atoms with E-state index in [-0.39, 0.29) is 5.69 Å². The lowest BCUT2D eigenvalue weighted by Crippen LogP contribution is -2.57. The molecule has 1 amide bonds. The summed E-state index contributed by atoms with van der Waals surface area (Å²) in [6.07, 6.45) is 0. The van der Waals surface area contributed by atoms with Gasteiger partial charge in [-0.15, -0.1) is 11.3 Å². The number of hydrogen-bond donors (Lipinski definition) is 1. The minimum absolute atomic E-state index is 0.129. The number of benzene rings is 2. The Morgan fingerprint density at radius 2 is 1.82 bits per heavy atom. The van der Waals surface area contributed by atoms with Crippen molar-refractivity contribution >= 4 is 34.6 Å². The number of hydrazone groups is 1. The number of ether oxygens (including phenoxy) is 1. The second kappa shape index (κ2) is 9.30. The van der Waals surface area contributed by atoms with Gasteiger partial charge in [-0.1, -0.05) is 18.2 Å². The van der Waals surface area contributed by atoms with Gasteiger partial charge in [0, 0.05) is 10.9 Å². The molecule has 34 heavy (non-hydrogen) atoms. The van der Waals surface area contributed by atoms with Crippen LogP contribution in [-0.2, 0) is 14.3 Å². The zero-order valence-electron chi connectivity index (χ0n) is 18.2. The Kier molecular flexibility index (Phi) is 6.43. The minimum Gasteiger partial charge on any atom is -0.468 e. The zero-order valence-corrected chi connectivity index (χ0v) is 19.0. The molecule has 2 heterocycles. The number of thiophene rings is 1. The molecule has 1 aliphatic rings. The van der Waals surface area contributed by atoms with Gasteiger partial charge in [0.15, 0.2) is 11.4 Å². The maximum absolute atomic E-state index is 14.9. The van der Waals surface area contributed by atoms with Gasteiger partial charge in [0.1, 0.15) is 18.2 Å². The molecule has 2 aromatic carbocycles. The van der Waals surface area contributed by atoms with E-state index in [0.717, 1.165) is 10.9 Å². The molecule has 6 nitrogen and oxygen atoms in total. The van der Waals surface area contributed by atoms with Gasteiger partial charge in [-0.2, -0.15) is 5.10 Å². The molecule has 0 saturated heterocycles. The number of rotatable bonds is 6. The molecule has 10 heteroatoms. The van der Waals surface area contributed by atoms with E-state index in [0.29, 0.717) is 17.3 Å². The summed E-state index contributed by atoms with van der Waals surface area (Å²) in [6, 6.07) is 12.1. The van der Waals surface area contributed by atoms with Gasteiger partial charge < -0.3 is 10.1 Å². The molecule has 2 unspecified atom stereocenters. The fraction of sp³-hybridized carbons (Fsp3) is 0.208. The van der Waals surface area contributed by atoms with E-state index in [2.05, 4.69) is 15.2 Å². The van der Waals surface area contributed by atoms with Gasteiger partial charge in [-0.3, -0.25) is 9.59 Å². The van der Waals surface area contributed by atoms with Gasteiger partial charge in [0.2, 0.25) is 5.91 Å². The Morgan fingerprint density at radius 1 is 1.12 bits per heavy atom. The second-order valence-corrected chi connectivity index (χ2v) is 8.73. The fourth-order valence-electron chi connectivity index (χ4n) is 3.96. The molecule has 0 saturated carbocycles. The number of hydrogen-bond acceptors (Lipinski definition) is 6. The van der Waals surface area contributed by atoms with Gasteiger partial charge in [0.25, 0.3) is 0 Å². The Balaban J connectivity index is 1.90. The molecule has 1 N–H and O–H groups in total. The van der Waals surface area contributed by atoms with Crippen molar-refractivity contribution in [3.63, 3.8) is 0 Å². The van der Waals surface area contributed by atoms with Crippen molar-refractivity contribution in [2.45, 2.75) is 18.4 Å². The van der Waals surface area contributed by atoms with E-state index in [9.17, 15) is 22.8 Å². The highest BCUT2D eigenvalue weighted by Crippen LogP contribution is 2.46. The maximum Gasteiger partial charge on any atom is 0.325 e. The quantitative estimate of drug-likeness (QED) is 0.529. The molecular formula is C24H20F3N3O3S. The minimum atomic E-state index is -1.57. The number of amides is 1. The second-order valence-electron chi connectivity index (χ2n) is 7.75. The molecule has 1 aromatic heterocycles. The normalized spacial score (nSPS) is 19.6. The van der Waals surface area contributed by atoms with Crippen molar-refractivity contribution in [1.82, 2.24) is 5.32 Å². The molecule has 0 radical (unpaired) electrons. The van der Waals surface area contributed by atoms with Crippen LogP contribution in [0.15, 0.2) is 65.1 Å². The van der Waals surface area contributed by atoms with E-state index in [1.165, 1.54) is 53.8 Å². The number of esters is 1. The van der Waals surface area contributed by atoms with E-state index in [1.807, 2.05) is 11.4 Å². The molecular weight excluding hydrogens is 467 g/mol. The lowest BCUT2D eigenvalue weighted by atomic mass is 9.78. The van der Waals surface area contributed by atoms with E-state index in [4.69, 9.17) is 0 Å². The van der Waals surface area contributed by atoms with Crippen molar-refractivity contribution in [2.24, 2.45) is 5.10 Å². The molecule has 2 atom stereocenters. The zero-order chi connectivity index (χ0) is 24.5. The molecule has 176 valence electrons. The van der Waals surface area contributed by atoms with Gasteiger partial charge in [-0.05, 0) is 48.2 Å². The first-order valence-corrected chi connectivity index (χ1v) is 11.1. The maximum atomic E-state index is 14.9. The highest BCUT2D eigenvalue weighted by Gasteiger charge is 2.55. The highest BCUT2D eigenvalue weighted by atomic mass is 32.1. The summed E-state index contributed by atoms with van der Waals surface area (Å²) in [7, 11) is 1.19. The number of nitrogens with one attached hydrogen (secondary N) is 1. The molecule has 0 fully saturated rings. The first-order chi connectivity index (χ1) is 16.3. The summed E-state index contributed by atoms with van der Waals surface area (Å²) in [5.74, 6) is -4.16. The number of halogens is 3. The smallest absolute Gasteiger partial charge is 0.325 e. The summed E-state index contributed by atoms with van der Waals surface area (Å²) in [6.45, 7) is 1.15. The predicted octanol–water partition coefficient (Wildman–Crippen LogP) is 4.22. The first kappa shape index (κ1) is 23.5. The van der Waals surface area contributed by atoms with E-state index >= 15 is 0 Å². The molecule has 0 spiro atoms. The molecule has 1 aliphatic heterocycles. The number of nitrogens with zero attached hydrogens (tertiary/aromatic N) is 2. The van der Waals surface area contributed by atoms with Crippen LogP contribution in [0.25, 0.3) is 0 Å². The van der Waals surface area contributed by atoms with Gasteiger partial charge in [0.05, 0.1) is 24.4 Å². The Hall–Kier alpha value is -3.66. The van der Waals surface area contributed by atoms with E-state index in [1.54, 1.807) is 13.0 Å². The van der Waals surface area contributed by atoms with Crippen molar-refractivity contribution < 1.29 is 27.5 Å². The number of carbonyl (C=O) groups is 2. The third-order valence-corrected chi connectivity index (χ3v) is 6.61. The fourth-order valence-corrected chi connectivity index (χ4v) is 4.91. The van der Waals surface area contributed by atoms with Crippen LogP contribution < -0.4 is 10.3 Å². The van der Waals surface area contributed by atoms with Crippen LogP contribution in [-0.4, -0.2) is 36.8 Å². The monoisotopic (exact) mass is 487 g/mol. The van der Waals surface area contributed by atoms with Crippen LogP contribution in [0.3, 0.4) is 0 Å². The summed E-state index contributed by atoms with van der Waals surface area (Å²) < 4.78 is 46.8. The summed E-state index contributed by atoms with van der Waals surface area (Å²) in [5.41, 5.74) is -0.782. The number of carbonyl (C=O) groups excluding carboxylic acids is 2. The average Bonchev–Trinajstić information content (AvgIpc) is 3.44. The van der Waals surface area contributed by atoms with Crippen LogP contribution in [0.2, 0.25) is 0 Å². The van der Waals surface area contributed by atoms with Crippen molar-refractivity contribution in [3.8, 4) is 0 Å². The summed E-state index contributed by atoms with van der Waals surface area (Å²) >= 11 is 1.37. The van der Waals surface area contributed by atoms with Crippen LogP contribution in [0, 0.1) is 17.5 Å². The predicted molar refractivity (Wildman–Crippen MR) is 122 cm³/mol. The van der Waals surface area contributed by atoms with Crippen molar-refractivity contribution in [1.29, 1.82) is 0 Å². The molecule has 0 aliphatic carbocycles. The average molecular weight is 488 g/mol. The van der Waals surface area contributed by atoms with Crippen molar-refractivity contribution in [2.75, 3.05) is 18.7 Å². The number of methoxy groups -OCH3 is 1. The summed E-state index contributed by atoms with van der Waals surface area (Å²) in [5, 5.41) is 10.2. The molecule has 0 bridgehead atoms. The lowest BCUT2D eigenvalue weighted by Gasteiger charge is -2.37. The van der Waals surface area contributed by atoms with Crippen LogP contribution >= 0.6 is 11.3 Å². The first-order valence-electron chi connectivity index (χ1n) is 10.2. The highest BCUT2D eigenvalue weighted by molar-refractivity contribution is 7.10. The van der Waals surface area contributed by atoms with E-state index < -0.39 is 47.3 Å². The molecule has 3 aromatic rings. The third kappa shape index (κ3) is 4.16.